The van der Waals surface area contributed by atoms with E-state index in [0.29, 0.717) is 11.7 Å². The molecule has 4 nitrogen and oxygen atoms in total. The van der Waals surface area contributed by atoms with Gasteiger partial charge in [-0.1, -0.05) is 0 Å². The van der Waals surface area contributed by atoms with Crippen molar-refractivity contribution in [2.75, 3.05) is 18.9 Å². The molecule has 1 fully saturated rings. The Kier molecular flexibility index (Phi) is 2.93. The van der Waals surface area contributed by atoms with Crippen LogP contribution < -0.4 is 5.73 Å². The number of hydrogen-bond acceptors (Lipinski definition) is 3. The molecule has 1 saturated heterocycles. The smallest absolute Gasteiger partial charge is 0.145 e. The van der Waals surface area contributed by atoms with Crippen molar-refractivity contribution in [3.05, 3.63) is 11.8 Å². The van der Waals surface area contributed by atoms with E-state index in [-0.39, 0.29) is 5.54 Å². The van der Waals surface area contributed by atoms with Gasteiger partial charge in [-0.05, 0) is 33.6 Å². The van der Waals surface area contributed by atoms with Gasteiger partial charge < -0.3 is 10.5 Å². The molecule has 1 aliphatic rings. The predicted molar refractivity (Wildman–Crippen MR) is 64.4 cm³/mol. The van der Waals surface area contributed by atoms with Crippen LogP contribution in [0.5, 0.6) is 0 Å². The molecule has 16 heavy (non-hydrogen) atoms. The number of nitrogens with zero attached hydrogens (tertiary/aromatic N) is 2. The highest BCUT2D eigenvalue weighted by Crippen LogP contribution is 2.31. The van der Waals surface area contributed by atoms with E-state index < -0.39 is 0 Å². The Morgan fingerprint density at radius 2 is 2.00 bits per heavy atom. The van der Waals surface area contributed by atoms with Gasteiger partial charge in [0.15, 0.2) is 0 Å². The molecule has 0 aromatic carbocycles. The molecule has 2 rings (SSSR count). The van der Waals surface area contributed by atoms with Crippen molar-refractivity contribution in [3.8, 4) is 0 Å². The maximum atomic E-state index is 5.82. The Hall–Kier alpha value is -1.03. The summed E-state index contributed by atoms with van der Waals surface area (Å²) in [6.45, 7) is 8.16. The Balaban J connectivity index is 2.31. The molecule has 2 N–H and O–H groups in total. The first kappa shape index (κ1) is 11.5. The van der Waals surface area contributed by atoms with E-state index in [4.69, 9.17) is 10.5 Å². The second-order valence-electron chi connectivity index (χ2n) is 5.46. The largest absolute Gasteiger partial charge is 0.382 e. The highest BCUT2D eigenvalue weighted by molar-refractivity contribution is 5.32. The number of anilines is 1. The molecule has 0 radical (unpaired) electrons. The van der Waals surface area contributed by atoms with Crippen LogP contribution in [0.15, 0.2) is 6.07 Å². The van der Waals surface area contributed by atoms with Crippen LogP contribution in [-0.2, 0) is 10.3 Å². The zero-order chi connectivity index (χ0) is 11.8. The number of nitrogen functional groups attached to an aromatic ring is 1. The summed E-state index contributed by atoms with van der Waals surface area (Å²) in [5, 5.41) is 4.41. The molecule has 1 aromatic heterocycles. The fourth-order valence-electron chi connectivity index (χ4n) is 2.24. The second-order valence-corrected chi connectivity index (χ2v) is 5.46. The normalized spacial score (nSPS) is 18.9. The summed E-state index contributed by atoms with van der Waals surface area (Å²) in [5.41, 5.74) is 7.07. The van der Waals surface area contributed by atoms with Crippen LogP contribution in [-0.4, -0.2) is 23.0 Å². The molecule has 2 heterocycles. The number of nitrogens with two attached hydrogens (primary N) is 1. The van der Waals surface area contributed by atoms with E-state index in [9.17, 15) is 0 Å². The first-order valence-corrected chi connectivity index (χ1v) is 5.92. The average Bonchev–Trinajstić information content (AvgIpc) is 2.61. The average molecular weight is 223 g/mol. The number of rotatable bonds is 1. The molecule has 0 amide bonds. The molecule has 0 aliphatic carbocycles. The fraction of sp³-hybridized carbons (Fsp3) is 0.750. The lowest BCUT2D eigenvalue weighted by Gasteiger charge is -2.28. The topological polar surface area (TPSA) is 53.1 Å². The van der Waals surface area contributed by atoms with Crippen LogP contribution in [0.25, 0.3) is 0 Å². The van der Waals surface area contributed by atoms with Crippen molar-refractivity contribution in [2.45, 2.75) is 45.1 Å². The minimum absolute atomic E-state index is 0.00867. The Bertz CT molecular complexity index is 359. The Morgan fingerprint density at radius 1 is 1.38 bits per heavy atom. The van der Waals surface area contributed by atoms with Gasteiger partial charge in [0, 0.05) is 30.9 Å². The molecule has 0 spiro atoms. The third-order valence-electron chi connectivity index (χ3n) is 3.03. The van der Waals surface area contributed by atoms with Crippen LogP contribution in [0.4, 0.5) is 5.82 Å². The molecule has 0 atom stereocenters. The van der Waals surface area contributed by atoms with Crippen LogP contribution in [0.3, 0.4) is 0 Å². The summed E-state index contributed by atoms with van der Waals surface area (Å²) in [6, 6.07) is 2.02. The van der Waals surface area contributed by atoms with Crippen LogP contribution in [0, 0.1) is 0 Å². The summed E-state index contributed by atoms with van der Waals surface area (Å²) in [6.07, 6.45) is 2.14. The molecule has 90 valence electrons. The minimum atomic E-state index is -0.00867. The van der Waals surface area contributed by atoms with Crippen molar-refractivity contribution < 1.29 is 4.74 Å². The first-order chi connectivity index (χ1) is 7.48. The van der Waals surface area contributed by atoms with Gasteiger partial charge in [-0.15, -0.1) is 0 Å². The van der Waals surface area contributed by atoms with Crippen molar-refractivity contribution >= 4 is 5.82 Å². The van der Waals surface area contributed by atoms with Crippen LogP contribution >= 0.6 is 0 Å². The second kappa shape index (κ2) is 4.09. The van der Waals surface area contributed by atoms with Gasteiger partial charge in [-0.2, -0.15) is 5.10 Å². The molecule has 0 saturated carbocycles. The lowest BCUT2D eigenvalue weighted by Crippen LogP contribution is -2.28. The molecule has 1 aliphatic heterocycles. The standard InChI is InChI=1S/C12H21N3O/c1-12(2,3)15-10(8-11(13)14-15)9-4-6-16-7-5-9/h8-9H,4-7H2,1-3H3,(H2,13,14). The molecular formula is C12H21N3O. The zero-order valence-electron chi connectivity index (χ0n) is 10.4. The summed E-state index contributed by atoms with van der Waals surface area (Å²) >= 11 is 0. The number of aromatic nitrogens is 2. The van der Waals surface area contributed by atoms with Crippen molar-refractivity contribution in [1.29, 1.82) is 0 Å². The first-order valence-electron chi connectivity index (χ1n) is 5.92. The zero-order valence-corrected chi connectivity index (χ0v) is 10.4. The van der Waals surface area contributed by atoms with Crippen LogP contribution in [0.1, 0.15) is 45.2 Å². The Morgan fingerprint density at radius 3 is 2.56 bits per heavy atom. The number of ether oxygens (including phenoxy) is 1. The third-order valence-corrected chi connectivity index (χ3v) is 3.03. The SMILES string of the molecule is CC(C)(C)n1nc(N)cc1C1CCOCC1. The quantitative estimate of drug-likeness (QED) is 0.793. The van der Waals surface area contributed by atoms with Crippen molar-refractivity contribution in [2.24, 2.45) is 0 Å². The van der Waals surface area contributed by atoms with E-state index >= 15 is 0 Å². The summed E-state index contributed by atoms with van der Waals surface area (Å²) in [4.78, 5) is 0. The van der Waals surface area contributed by atoms with Crippen molar-refractivity contribution in [3.63, 3.8) is 0 Å². The highest BCUT2D eigenvalue weighted by Gasteiger charge is 2.25. The minimum Gasteiger partial charge on any atom is -0.382 e. The van der Waals surface area contributed by atoms with Gasteiger partial charge in [0.1, 0.15) is 5.82 Å². The maximum Gasteiger partial charge on any atom is 0.145 e. The fourth-order valence-corrected chi connectivity index (χ4v) is 2.24. The lowest BCUT2D eigenvalue weighted by molar-refractivity contribution is 0.0823. The summed E-state index contributed by atoms with van der Waals surface area (Å²) < 4.78 is 7.46. The lowest BCUT2D eigenvalue weighted by atomic mass is 9.95. The Labute approximate surface area is 96.8 Å². The molecule has 1 aromatic rings. The molecule has 0 unspecified atom stereocenters. The maximum absolute atomic E-state index is 5.82. The van der Waals surface area contributed by atoms with Crippen molar-refractivity contribution in [1.82, 2.24) is 9.78 Å². The molecule has 4 heteroatoms. The van der Waals surface area contributed by atoms with E-state index in [0.717, 1.165) is 26.1 Å². The molecular weight excluding hydrogens is 202 g/mol. The van der Waals surface area contributed by atoms with E-state index in [1.165, 1.54) is 5.69 Å². The van der Waals surface area contributed by atoms with E-state index in [2.05, 4.69) is 30.6 Å². The monoisotopic (exact) mass is 223 g/mol. The summed E-state index contributed by atoms with van der Waals surface area (Å²) in [5.74, 6) is 1.16. The highest BCUT2D eigenvalue weighted by atomic mass is 16.5. The van der Waals surface area contributed by atoms with Gasteiger partial charge >= 0.3 is 0 Å². The van der Waals surface area contributed by atoms with Gasteiger partial charge in [0.05, 0.1) is 5.54 Å². The third kappa shape index (κ3) is 2.21. The van der Waals surface area contributed by atoms with Crippen LogP contribution in [0.2, 0.25) is 0 Å². The van der Waals surface area contributed by atoms with E-state index in [1.807, 2.05) is 6.07 Å². The van der Waals surface area contributed by atoms with Gasteiger partial charge in [0.25, 0.3) is 0 Å². The van der Waals surface area contributed by atoms with Gasteiger partial charge in [-0.3, -0.25) is 4.68 Å². The number of hydrogen-bond donors (Lipinski definition) is 1. The summed E-state index contributed by atoms with van der Waals surface area (Å²) in [7, 11) is 0. The van der Waals surface area contributed by atoms with E-state index in [1.54, 1.807) is 0 Å². The predicted octanol–water partition coefficient (Wildman–Crippen LogP) is 2.11. The molecule has 0 bridgehead atoms. The van der Waals surface area contributed by atoms with Gasteiger partial charge in [-0.25, -0.2) is 0 Å². The van der Waals surface area contributed by atoms with Gasteiger partial charge in [0.2, 0.25) is 0 Å².